The first kappa shape index (κ1) is 20.2. The van der Waals surface area contributed by atoms with Crippen LogP contribution in [0.15, 0.2) is 24.3 Å². The fourth-order valence-electron chi connectivity index (χ4n) is 2.45. The first-order valence-electron chi connectivity index (χ1n) is 8.17. The highest BCUT2D eigenvalue weighted by atomic mass is 32.1. The normalized spacial score (nSPS) is 14.0. The van der Waals surface area contributed by atoms with Gasteiger partial charge in [0, 0.05) is 11.2 Å². The Hall–Kier alpha value is -2.16. The van der Waals surface area contributed by atoms with Crippen LogP contribution in [0.2, 0.25) is 0 Å². The number of nitrogens with one attached hydrogen (secondary N) is 1. The van der Waals surface area contributed by atoms with Gasteiger partial charge in [0.05, 0.1) is 6.10 Å². The van der Waals surface area contributed by atoms with E-state index in [0.29, 0.717) is 10.9 Å². The molecule has 2 atom stereocenters. The quantitative estimate of drug-likeness (QED) is 0.611. The zero-order valence-electron chi connectivity index (χ0n) is 14.9. The summed E-state index contributed by atoms with van der Waals surface area (Å²) in [5.74, 6) is -1.03. The van der Waals surface area contributed by atoms with Crippen LogP contribution < -0.4 is 5.32 Å². The second kappa shape index (κ2) is 8.03. The summed E-state index contributed by atoms with van der Waals surface area (Å²) in [6, 6.07) is 6.61. The van der Waals surface area contributed by atoms with Crippen molar-refractivity contribution in [1.29, 1.82) is 0 Å². The minimum Gasteiger partial charge on any atom is -0.477 e. The van der Waals surface area contributed by atoms with Crippen LogP contribution in [-0.2, 0) is 4.74 Å². The number of fused-ring (bicyclic) bond motifs is 1. The molecule has 0 fully saturated rings. The van der Waals surface area contributed by atoms with Crippen molar-refractivity contribution in [3.8, 4) is 0 Å². The van der Waals surface area contributed by atoms with Gasteiger partial charge in [-0.3, -0.25) is 0 Å². The average molecular weight is 381 g/mol. The molecule has 2 unspecified atom stereocenters. The number of aliphatic hydroxyl groups is 2. The van der Waals surface area contributed by atoms with Crippen molar-refractivity contribution >= 4 is 33.5 Å². The molecule has 26 heavy (non-hydrogen) atoms. The number of hydrogen-bond acceptors (Lipinski definition) is 6. The number of amides is 1. The van der Waals surface area contributed by atoms with Gasteiger partial charge in [0.25, 0.3) is 0 Å². The molecule has 8 heteroatoms. The summed E-state index contributed by atoms with van der Waals surface area (Å²) >= 11 is 1.11. The number of carbonyl (C=O) groups is 2. The predicted molar refractivity (Wildman–Crippen MR) is 98.6 cm³/mol. The molecule has 1 amide bonds. The molecule has 4 N–H and O–H groups in total. The zero-order valence-corrected chi connectivity index (χ0v) is 15.7. The van der Waals surface area contributed by atoms with Gasteiger partial charge in [-0.25, -0.2) is 9.59 Å². The lowest BCUT2D eigenvalue weighted by Crippen LogP contribution is -2.34. The van der Waals surface area contributed by atoms with E-state index in [0.717, 1.165) is 16.0 Å². The summed E-state index contributed by atoms with van der Waals surface area (Å²) < 4.78 is 5.82. The van der Waals surface area contributed by atoms with Gasteiger partial charge in [-0.2, -0.15) is 0 Å². The highest BCUT2D eigenvalue weighted by Crippen LogP contribution is 2.33. The minimum absolute atomic E-state index is 0.118. The van der Waals surface area contributed by atoms with Crippen molar-refractivity contribution in [3.05, 3.63) is 34.7 Å². The summed E-state index contributed by atoms with van der Waals surface area (Å²) in [4.78, 5) is 22.9. The number of benzene rings is 1. The number of hydrogen-bond donors (Lipinski definition) is 4. The molecular formula is C18H23NO6S. The van der Waals surface area contributed by atoms with E-state index in [1.807, 2.05) is 0 Å². The third kappa shape index (κ3) is 5.17. The summed E-state index contributed by atoms with van der Waals surface area (Å²) in [5, 5.41) is 32.9. The van der Waals surface area contributed by atoms with E-state index >= 15 is 0 Å². The largest absolute Gasteiger partial charge is 0.477 e. The number of thiophene rings is 1. The molecule has 142 valence electrons. The molecule has 0 saturated carbocycles. The van der Waals surface area contributed by atoms with Crippen LogP contribution in [0.3, 0.4) is 0 Å². The zero-order chi connectivity index (χ0) is 19.5. The molecule has 1 aromatic carbocycles. The third-order valence-electron chi connectivity index (χ3n) is 3.60. The van der Waals surface area contributed by atoms with Crippen molar-refractivity contribution in [2.75, 3.05) is 6.54 Å². The van der Waals surface area contributed by atoms with Gasteiger partial charge in [0.2, 0.25) is 0 Å². The van der Waals surface area contributed by atoms with Crippen molar-refractivity contribution in [1.82, 2.24) is 5.32 Å². The third-order valence-corrected chi connectivity index (χ3v) is 4.69. The van der Waals surface area contributed by atoms with Crippen LogP contribution in [0.1, 0.15) is 48.5 Å². The van der Waals surface area contributed by atoms with Gasteiger partial charge in [0.15, 0.2) is 0 Å². The maximum Gasteiger partial charge on any atom is 0.407 e. The number of alkyl carbamates (subject to hydrolysis) is 1. The topological polar surface area (TPSA) is 116 Å². The number of ether oxygens (including phenoxy) is 1. The van der Waals surface area contributed by atoms with Gasteiger partial charge in [-0.05, 0) is 50.3 Å². The summed E-state index contributed by atoms with van der Waals surface area (Å²) in [7, 11) is 0. The Labute approximate surface area is 155 Å². The van der Waals surface area contributed by atoms with Gasteiger partial charge in [-0.15, -0.1) is 11.3 Å². The molecule has 0 spiro atoms. The maximum atomic E-state index is 11.6. The molecule has 1 aromatic heterocycles. The van der Waals surface area contributed by atoms with E-state index in [1.165, 1.54) is 6.07 Å². The molecule has 2 aromatic rings. The van der Waals surface area contributed by atoms with E-state index in [-0.39, 0.29) is 17.8 Å². The van der Waals surface area contributed by atoms with Crippen LogP contribution in [0, 0.1) is 0 Å². The molecular weight excluding hydrogens is 358 g/mol. The van der Waals surface area contributed by atoms with Gasteiger partial charge in [0.1, 0.15) is 16.6 Å². The SMILES string of the molecule is CC(C)(C)OC(=O)NCCC(O)C(O)c1cccc2sc(C(=O)O)cc12. The Morgan fingerprint density at radius 1 is 1.27 bits per heavy atom. The number of aromatic carboxylic acids is 1. The van der Waals surface area contributed by atoms with Gasteiger partial charge >= 0.3 is 12.1 Å². The summed E-state index contributed by atoms with van der Waals surface area (Å²) in [6.07, 6.45) is -2.79. The number of carboxylic acid groups (broad SMARTS) is 1. The van der Waals surface area contributed by atoms with Crippen molar-refractivity contribution < 1.29 is 29.6 Å². The first-order valence-corrected chi connectivity index (χ1v) is 8.99. The fraction of sp³-hybridized carbons (Fsp3) is 0.444. The first-order chi connectivity index (χ1) is 12.1. The second-order valence-electron chi connectivity index (χ2n) is 6.90. The molecule has 0 bridgehead atoms. The van der Waals surface area contributed by atoms with E-state index in [9.17, 15) is 19.8 Å². The van der Waals surface area contributed by atoms with Crippen LogP contribution in [0.5, 0.6) is 0 Å². The van der Waals surface area contributed by atoms with Crippen LogP contribution in [0.25, 0.3) is 10.1 Å². The fourth-order valence-corrected chi connectivity index (χ4v) is 3.38. The Bertz CT molecular complexity index is 795. The van der Waals surface area contributed by atoms with Crippen LogP contribution in [0.4, 0.5) is 4.79 Å². The Kier molecular flexibility index (Phi) is 6.22. The Balaban J connectivity index is 2.02. The monoisotopic (exact) mass is 381 g/mol. The smallest absolute Gasteiger partial charge is 0.407 e. The standard InChI is InChI=1S/C18H23NO6S/c1-18(2,3)25-17(24)19-8-7-12(20)15(21)10-5-4-6-13-11(10)9-14(26-13)16(22)23/h4-6,9,12,15,20-21H,7-8H2,1-3H3,(H,19,24)(H,22,23). The van der Waals surface area contributed by atoms with Gasteiger partial charge in [-0.1, -0.05) is 12.1 Å². The predicted octanol–water partition coefficient (Wildman–Crippen LogP) is 2.91. The number of aliphatic hydroxyl groups excluding tert-OH is 2. The molecule has 0 aliphatic carbocycles. The molecule has 0 aliphatic rings. The molecule has 0 radical (unpaired) electrons. The molecule has 2 rings (SSSR count). The summed E-state index contributed by atoms with van der Waals surface area (Å²) in [5.41, 5.74) is -0.158. The second-order valence-corrected chi connectivity index (χ2v) is 7.99. The molecule has 0 aliphatic heterocycles. The van der Waals surface area contributed by atoms with E-state index in [2.05, 4.69) is 5.32 Å². The van der Waals surface area contributed by atoms with E-state index < -0.39 is 29.9 Å². The average Bonchev–Trinajstić information content (AvgIpc) is 2.96. The highest BCUT2D eigenvalue weighted by Gasteiger charge is 2.22. The van der Waals surface area contributed by atoms with Crippen molar-refractivity contribution in [2.24, 2.45) is 0 Å². The number of carboxylic acids is 1. The maximum absolute atomic E-state index is 11.6. The Morgan fingerprint density at radius 2 is 1.96 bits per heavy atom. The molecule has 1 heterocycles. The van der Waals surface area contributed by atoms with Crippen molar-refractivity contribution in [2.45, 2.75) is 45.0 Å². The lowest BCUT2D eigenvalue weighted by atomic mass is 9.99. The number of carbonyl (C=O) groups excluding carboxylic acids is 1. The summed E-state index contributed by atoms with van der Waals surface area (Å²) in [6.45, 7) is 5.38. The lowest BCUT2D eigenvalue weighted by Gasteiger charge is -2.21. The molecule has 7 nitrogen and oxygen atoms in total. The van der Waals surface area contributed by atoms with Crippen molar-refractivity contribution in [3.63, 3.8) is 0 Å². The van der Waals surface area contributed by atoms with E-state index in [1.54, 1.807) is 39.0 Å². The van der Waals surface area contributed by atoms with E-state index in [4.69, 9.17) is 9.84 Å². The highest BCUT2D eigenvalue weighted by molar-refractivity contribution is 7.20. The Morgan fingerprint density at radius 3 is 2.58 bits per heavy atom. The number of rotatable bonds is 6. The lowest BCUT2D eigenvalue weighted by molar-refractivity contribution is 0.0131. The van der Waals surface area contributed by atoms with Crippen LogP contribution in [-0.4, -0.2) is 45.6 Å². The minimum atomic E-state index is -1.20. The van der Waals surface area contributed by atoms with Crippen LogP contribution >= 0.6 is 11.3 Å². The molecule has 0 saturated heterocycles. The van der Waals surface area contributed by atoms with Gasteiger partial charge < -0.3 is 25.4 Å².